The molecule has 0 unspecified atom stereocenters. The topological polar surface area (TPSA) is 55.1 Å². The van der Waals surface area contributed by atoms with E-state index in [1.54, 1.807) is 0 Å². The van der Waals surface area contributed by atoms with Crippen molar-refractivity contribution in [1.29, 1.82) is 0 Å². The van der Waals surface area contributed by atoms with E-state index in [9.17, 15) is 4.79 Å². The fraction of sp³-hybridized carbons (Fsp3) is 0.917. The van der Waals surface area contributed by atoms with E-state index < -0.39 is 0 Å². The van der Waals surface area contributed by atoms with E-state index in [4.69, 9.17) is 5.73 Å². The zero-order valence-electron chi connectivity index (χ0n) is 9.81. The van der Waals surface area contributed by atoms with Gasteiger partial charge in [-0.2, -0.15) is 0 Å². The van der Waals surface area contributed by atoms with Crippen molar-refractivity contribution in [2.75, 3.05) is 13.1 Å². The highest BCUT2D eigenvalue weighted by molar-refractivity contribution is 5.85. The second-order valence-corrected chi connectivity index (χ2v) is 5.68. The van der Waals surface area contributed by atoms with E-state index in [1.165, 1.54) is 12.8 Å². The summed E-state index contributed by atoms with van der Waals surface area (Å²) in [6.45, 7) is 5.85. The summed E-state index contributed by atoms with van der Waals surface area (Å²) in [5.41, 5.74) is 5.84. The molecule has 0 saturated heterocycles. The Hall–Kier alpha value is -0.570. The third kappa shape index (κ3) is 1.89. The number of rotatable bonds is 5. The van der Waals surface area contributed by atoms with Crippen LogP contribution in [0.3, 0.4) is 0 Å². The Labute approximate surface area is 91.8 Å². The Kier molecular flexibility index (Phi) is 2.53. The van der Waals surface area contributed by atoms with Gasteiger partial charge in [-0.15, -0.1) is 0 Å². The van der Waals surface area contributed by atoms with Crippen molar-refractivity contribution >= 4 is 5.91 Å². The first-order chi connectivity index (χ1) is 7.05. The standard InChI is InChI=1S/C12H22N2O/c1-9(2)12(5-6-12)8-14-10(15)11(7-13)3-4-11/h9H,3-8,13H2,1-2H3,(H,14,15). The van der Waals surface area contributed by atoms with E-state index in [-0.39, 0.29) is 11.3 Å². The number of carbonyl (C=O) groups is 1. The average molecular weight is 210 g/mol. The van der Waals surface area contributed by atoms with Crippen LogP contribution >= 0.6 is 0 Å². The Morgan fingerprint density at radius 3 is 2.27 bits per heavy atom. The fourth-order valence-corrected chi connectivity index (χ4v) is 2.24. The number of hydrogen-bond acceptors (Lipinski definition) is 2. The molecule has 0 aromatic heterocycles. The van der Waals surface area contributed by atoms with Crippen molar-refractivity contribution < 1.29 is 4.79 Å². The van der Waals surface area contributed by atoms with Crippen molar-refractivity contribution in [3.05, 3.63) is 0 Å². The normalized spacial score (nSPS) is 25.1. The van der Waals surface area contributed by atoms with Gasteiger partial charge in [-0.25, -0.2) is 0 Å². The van der Waals surface area contributed by atoms with Crippen LogP contribution < -0.4 is 11.1 Å². The van der Waals surface area contributed by atoms with E-state index in [2.05, 4.69) is 19.2 Å². The van der Waals surface area contributed by atoms with Gasteiger partial charge in [0.05, 0.1) is 5.41 Å². The first kappa shape index (κ1) is 10.9. The van der Waals surface area contributed by atoms with Crippen LogP contribution in [0.2, 0.25) is 0 Å². The molecule has 0 aromatic carbocycles. The van der Waals surface area contributed by atoms with Crippen LogP contribution in [-0.2, 0) is 4.79 Å². The molecule has 0 bridgehead atoms. The molecule has 0 aliphatic heterocycles. The van der Waals surface area contributed by atoms with Gasteiger partial charge in [0.1, 0.15) is 0 Å². The number of amides is 1. The molecule has 3 N–H and O–H groups in total. The second-order valence-electron chi connectivity index (χ2n) is 5.68. The van der Waals surface area contributed by atoms with Crippen LogP contribution in [0, 0.1) is 16.7 Å². The lowest BCUT2D eigenvalue weighted by atomic mass is 9.92. The molecule has 2 aliphatic rings. The quantitative estimate of drug-likeness (QED) is 0.718. The molecule has 3 heteroatoms. The van der Waals surface area contributed by atoms with Gasteiger partial charge in [0.25, 0.3) is 0 Å². The SMILES string of the molecule is CC(C)C1(CNC(=O)C2(CN)CC2)CC1. The molecule has 0 radical (unpaired) electrons. The lowest BCUT2D eigenvalue weighted by Gasteiger charge is -2.21. The van der Waals surface area contributed by atoms with Crippen LogP contribution in [0.25, 0.3) is 0 Å². The predicted octanol–water partition coefficient (Wildman–Crippen LogP) is 1.28. The minimum Gasteiger partial charge on any atom is -0.355 e. The number of nitrogens with one attached hydrogen (secondary N) is 1. The monoisotopic (exact) mass is 210 g/mol. The number of carbonyl (C=O) groups excluding carboxylic acids is 1. The first-order valence-corrected chi connectivity index (χ1v) is 6.03. The molecule has 0 spiro atoms. The van der Waals surface area contributed by atoms with Crippen LogP contribution in [0.4, 0.5) is 0 Å². The van der Waals surface area contributed by atoms with Crippen molar-refractivity contribution in [3.8, 4) is 0 Å². The zero-order valence-corrected chi connectivity index (χ0v) is 9.81. The molecule has 2 fully saturated rings. The molecule has 2 rings (SSSR count). The minimum atomic E-state index is -0.187. The Bertz CT molecular complexity index is 265. The van der Waals surface area contributed by atoms with Gasteiger partial charge in [-0.05, 0) is 37.0 Å². The third-order valence-corrected chi connectivity index (χ3v) is 4.44. The summed E-state index contributed by atoms with van der Waals surface area (Å²) in [6, 6.07) is 0. The third-order valence-electron chi connectivity index (χ3n) is 4.44. The van der Waals surface area contributed by atoms with Crippen molar-refractivity contribution in [1.82, 2.24) is 5.32 Å². The fourth-order valence-electron chi connectivity index (χ4n) is 2.24. The number of hydrogen-bond donors (Lipinski definition) is 2. The lowest BCUT2D eigenvalue weighted by Crippen LogP contribution is -2.40. The molecule has 3 nitrogen and oxygen atoms in total. The molecule has 2 aliphatic carbocycles. The summed E-state index contributed by atoms with van der Waals surface area (Å²) in [7, 11) is 0. The highest BCUT2D eigenvalue weighted by Crippen LogP contribution is 2.51. The van der Waals surface area contributed by atoms with Crippen molar-refractivity contribution in [2.24, 2.45) is 22.5 Å². The smallest absolute Gasteiger partial charge is 0.227 e. The first-order valence-electron chi connectivity index (χ1n) is 6.03. The zero-order chi connectivity index (χ0) is 11.1. The number of nitrogens with two attached hydrogens (primary N) is 1. The highest BCUT2D eigenvalue weighted by Gasteiger charge is 2.50. The molecule has 0 atom stereocenters. The van der Waals surface area contributed by atoms with E-state index in [0.29, 0.717) is 17.9 Å². The largest absolute Gasteiger partial charge is 0.355 e. The summed E-state index contributed by atoms with van der Waals surface area (Å²) in [4.78, 5) is 11.9. The molecule has 15 heavy (non-hydrogen) atoms. The molecule has 0 aromatic rings. The van der Waals surface area contributed by atoms with Gasteiger partial charge < -0.3 is 11.1 Å². The summed E-state index contributed by atoms with van der Waals surface area (Å²) < 4.78 is 0. The summed E-state index contributed by atoms with van der Waals surface area (Å²) in [6.07, 6.45) is 4.48. The minimum absolute atomic E-state index is 0.187. The molecule has 2 saturated carbocycles. The van der Waals surface area contributed by atoms with Crippen LogP contribution in [0.1, 0.15) is 39.5 Å². The predicted molar refractivity (Wildman–Crippen MR) is 60.2 cm³/mol. The van der Waals surface area contributed by atoms with Gasteiger partial charge in [0.2, 0.25) is 5.91 Å². The van der Waals surface area contributed by atoms with Crippen molar-refractivity contribution in [3.63, 3.8) is 0 Å². The molecular formula is C12H22N2O. The Morgan fingerprint density at radius 1 is 1.33 bits per heavy atom. The summed E-state index contributed by atoms with van der Waals surface area (Å²) in [5.74, 6) is 0.864. The summed E-state index contributed by atoms with van der Waals surface area (Å²) in [5, 5.41) is 3.10. The van der Waals surface area contributed by atoms with Gasteiger partial charge >= 0.3 is 0 Å². The van der Waals surface area contributed by atoms with Gasteiger partial charge in [0.15, 0.2) is 0 Å². The van der Waals surface area contributed by atoms with Crippen LogP contribution in [0.5, 0.6) is 0 Å². The molecule has 0 heterocycles. The molecule has 86 valence electrons. The van der Waals surface area contributed by atoms with Gasteiger partial charge in [-0.1, -0.05) is 13.8 Å². The van der Waals surface area contributed by atoms with Gasteiger partial charge in [-0.3, -0.25) is 4.79 Å². The average Bonchev–Trinajstić information content (AvgIpc) is 3.09. The van der Waals surface area contributed by atoms with E-state index in [0.717, 1.165) is 19.4 Å². The lowest BCUT2D eigenvalue weighted by molar-refractivity contribution is -0.126. The Balaban J connectivity index is 1.81. The maximum absolute atomic E-state index is 11.9. The van der Waals surface area contributed by atoms with Crippen LogP contribution in [0.15, 0.2) is 0 Å². The van der Waals surface area contributed by atoms with E-state index >= 15 is 0 Å². The molecule has 1 amide bonds. The van der Waals surface area contributed by atoms with Crippen molar-refractivity contribution in [2.45, 2.75) is 39.5 Å². The Morgan fingerprint density at radius 2 is 1.93 bits per heavy atom. The molecular weight excluding hydrogens is 188 g/mol. The maximum atomic E-state index is 11.9. The highest BCUT2D eigenvalue weighted by atomic mass is 16.2. The summed E-state index contributed by atoms with van der Waals surface area (Å²) >= 11 is 0. The maximum Gasteiger partial charge on any atom is 0.227 e. The van der Waals surface area contributed by atoms with Crippen LogP contribution in [-0.4, -0.2) is 19.0 Å². The van der Waals surface area contributed by atoms with Gasteiger partial charge in [0, 0.05) is 13.1 Å². The second kappa shape index (κ2) is 3.48. The van der Waals surface area contributed by atoms with E-state index in [1.807, 2.05) is 0 Å².